The Labute approximate surface area is 254 Å². The number of H-pyrrole nitrogens is 1. The zero-order valence-electron chi connectivity index (χ0n) is 22.0. The minimum absolute atomic E-state index is 0.0384. The largest absolute Gasteiger partial charge is 0.472 e. The molecule has 3 saturated heterocycles. The maximum atomic E-state index is 13.1. The Bertz CT molecular complexity index is 1910. The zero-order chi connectivity index (χ0) is 31.0. The predicted molar refractivity (Wildman–Crippen MR) is 152 cm³/mol. The molecule has 0 spiro atoms. The molecule has 21 nitrogen and oxygen atoms in total. The van der Waals surface area contributed by atoms with E-state index in [0.29, 0.717) is 11.2 Å². The van der Waals surface area contributed by atoms with Crippen molar-refractivity contribution in [2.24, 2.45) is 0 Å². The van der Waals surface area contributed by atoms with Crippen molar-refractivity contribution in [3.05, 3.63) is 28.4 Å². The number of aliphatic hydroxyl groups is 1. The highest BCUT2D eigenvalue weighted by Gasteiger charge is 2.51. The molecule has 9 atom stereocenters. The lowest BCUT2D eigenvalue weighted by Gasteiger charge is -2.27. The number of nitrogens with zero attached hydrogens (tertiary/aromatic N) is 8. The van der Waals surface area contributed by atoms with Gasteiger partial charge in [0, 0.05) is 12.0 Å². The van der Waals surface area contributed by atoms with Crippen LogP contribution in [-0.2, 0) is 39.2 Å². The lowest BCUT2D eigenvalue weighted by atomic mass is 10.1. The number of fused-ring (bicyclic) bond motifs is 5. The molecule has 0 amide bonds. The van der Waals surface area contributed by atoms with Gasteiger partial charge in [-0.15, -0.1) is 16.9 Å². The summed E-state index contributed by atoms with van der Waals surface area (Å²) in [4.78, 5) is 48.5. The number of aromatic amines is 1. The topological polar surface area (TPSA) is 295 Å². The van der Waals surface area contributed by atoms with E-state index in [4.69, 9.17) is 46.1 Å². The molecule has 4 aromatic rings. The standard InChI is InChI=1S/C19H23N11O10P2S2/c20-18-25-15-11(16(32)26-18)27-28-29(15)17-13-12(31)10(44-17)4-36-41(33,34)39-8-1-7(38-9(8)3-37-42(35,43)40-13)6-2-24-30-14(6)22-5-23-19(30)21/h2,5,7-10,12-13,17,31H,1,3-4H2,(H,33,34)(H,35,43)(H2,21,22,23)(H3,20,25,26,32)/t7-,8+,9-,10-,12-,13-,17-,42?/m1/s1. The van der Waals surface area contributed by atoms with Crippen LogP contribution in [0.15, 0.2) is 17.3 Å². The van der Waals surface area contributed by atoms with Crippen LogP contribution in [0.25, 0.3) is 16.8 Å². The van der Waals surface area contributed by atoms with Crippen LogP contribution in [-0.4, -0.2) is 102 Å². The summed E-state index contributed by atoms with van der Waals surface area (Å²) in [7, 11) is -4.76. The molecule has 236 valence electrons. The number of thioether (sulfide) groups is 1. The predicted octanol–water partition coefficient (Wildman–Crippen LogP) is -1.24. The Kier molecular flexibility index (Phi) is 7.50. The van der Waals surface area contributed by atoms with Crippen molar-refractivity contribution in [2.45, 2.75) is 47.6 Å². The highest BCUT2D eigenvalue weighted by Crippen LogP contribution is 2.56. The monoisotopic (exact) mass is 691 g/mol. The Balaban J connectivity index is 1.19. The molecule has 3 aliphatic heterocycles. The van der Waals surface area contributed by atoms with Gasteiger partial charge in [0.15, 0.2) is 16.8 Å². The van der Waals surface area contributed by atoms with Gasteiger partial charge >= 0.3 is 14.5 Å². The summed E-state index contributed by atoms with van der Waals surface area (Å²) >= 11 is 6.26. The molecule has 3 aliphatic rings. The van der Waals surface area contributed by atoms with E-state index in [9.17, 15) is 24.3 Å². The van der Waals surface area contributed by atoms with E-state index in [1.807, 2.05) is 0 Å². The molecule has 2 unspecified atom stereocenters. The molecule has 4 aromatic heterocycles. The van der Waals surface area contributed by atoms with Crippen molar-refractivity contribution >= 4 is 66.8 Å². The smallest absolute Gasteiger partial charge is 0.389 e. The van der Waals surface area contributed by atoms with Gasteiger partial charge in [-0.3, -0.25) is 23.3 Å². The van der Waals surface area contributed by atoms with Crippen LogP contribution in [0.1, 0.15) is 23.5 Å². The molecule has 8 N–H and O–H groups in total. The third kappa shape index (κ3) is 5.42. The van der Waals surface area contributed by atoms with Gasteiger partial charge in [0.2, 0.25) is 11.9 Å². The van der Waals surface area contributed by atoms with Crippen molar-refractivity contribution in [2.75, 3.05) is 24.7 Å². The molecule has 0 saturated carbocycles. The summed E-state index contributed by atoms with van der Waals surface area (Å²) in [5, 5.41) is 21.2. The number of phosphoric ester groups is 1. The third-order valence-electron chi connectivity index (χ3n) is 7.14. The zero-order valence-corrected chi connectivity index (χ0v) is 25.4. The molecule has 44 heavy (non-hydrogen) atoms. The molecule has 0 radical (unpaired) electrons. The van der Waals surface area contributed by atoms with E-state index in [0.717, 1.165) is 11.8 Å². The number of phosphoric acid groups is 1. The fourth-order valence-electron chi connectivity index (χ4n) is 5.17. The third-order valence-corrected chi connectivity index (χ3v) is 11.2. The number of hydrogen-bond donors (Lipinski definition) is 6. The fraction of sp³-hybridized carbons (Fsp3) is 0.526. The van der Waals surface area contributed by atoms with Crippen LogP contribution in [0, 0.1) is 0 Å². The maximum Gasteiger partial charge on any atom is 0.472 e. The van der Waals surface area contributed by atoms with Gasteiger partial charge in [-0.1, -0.05) is 5.21 Å². The molecule has 7 heterocycles. The lowest BCUT2D eigenvalue weighted by molar-refractivity contribution is -0.0249. The van der Waals surface area contributed by atoms with Crippen LogP contribution >= 0.6 is 26.3 Å². The molecule has 3 fully saturated rings. The summed E-state index contributed by atoms with van der Waals surface area (Å²) in [6.07, 6.45) is -2.84. The summed E-state index contributed by atoms with van der Waals surface area (Å²) in [6, 6.07) is 0. The van der Waals surface area contributed by atoms with Gasteiger partial charge in [-0.2, -0.15) is 14.6 Å². The average Bonchev–Trinajstić information content (AvgIpc) is 3.72. The summed E-state index contributed by atoms with van der Waals surface area (Å²) in [5.41, 5.74) is 11.6. The van der Waals surface area contributed by atoms with Crippen molar-refractivity contribution in [3.63, 3.8) is 0 Å². The summed E-state index contributed by atoms with van der Waals surface area (Å²) < 4.78 is 43.9. The first-order valence-corrected chi connectivity index (χ1v) is 17.8. The number of nitrogen functional groups attached to an aromatic ring is 2. The Morgan fingerprint density at radius 2 is 1.95 bits per heavy atom. The Morgan fingerprint density at radius 3 is 2.77 bits per heavy atom. The van der Waals surface area contributed by atoms with E-state index in [-0.39, 0.29) is 29.5 Å². The molecular formula is C19H23N11O10P2S2. The number of anilines is 2. The first kappa shape index (κ1) is 30.0. The first-order chi connectivity index (χ1) is 20.9. The van der Waals surface area contributed by atoms with E-state index in [2.05, 4.69) is 35.3 Å². The maximum absolute atomic E-state index is 13.1. The molecule has 2 bridgehead atoms. The SMILES string of the molecule is Nc1nc2c(nnn2[C@@H]2S[C@@H]3COP(=O)(O)O[C@H]4C[C@H](c5cnn6c(N)ncnc56)O[C@@H]4COP(O)(=S)O[C@@H]2[C@@H]3O)c(=O)[nH]1. The number of nitrogens with two attached hydrogens (primary N) is 2. The summed E-state index contributed by atoms with van der Waals surface area (Å²) in [6.45, 7) is -5.07. The molecule has 25 heteroatoms. The molecule has 7 rings (SSSR count). The minimum Gasteiger partial charge on any atom is -0.389 e. The highest BCUT2D eigenvalue weighted by atomic mass is 32.5. The molecular weight excluding hydrogens is 668 g/mol. The van der Waals surface area contributed by atoms with Crippen molar-refractivity contribution in [1.29, 1.82) is 0 Å². The normalized spacial score (nSPS) is 36.6. The van der Waals surface area contributed by atoms with E-state index < -0.39 is 74.5 Å². The van der Waals surface area contributed by atoms with Crippen molar-refractivity contribution in [3.8, 4) is 0 Å². The number of rotatable bonds is 2. The number of aromatic nitrogens is 9. The van der Waals surface area contributed by atoms with Gasteiger partial charge in [0.1, 0.15) is 30.0 Å². The second-order valence-electron chi connectivity index (χ2n) is 9.92. The Morgan fingerprint density at radius 1 is 1.14 bits per heavy atom. The van der Waals surface area contributed by atoms with Gasteiger partial charge in [-0.25, -0.2) is 19.2 Å². The first-order valence-electron chi connectivity index (χ1n) is 12.7. The van der Waals surface area contributed by atoms with E-state index in [1.165, 1.54) is 21.7 Å². The van der Waals surface area contributed by atoms with Crippen LogP contribution in [0.5, 0.6) is 0 Å². The van der Waals surface area contributed by atoms with E-state index in [1.54, 1.807) is 0 Å². The second kappa shape index (κ2) is 11.0. The average molecular weight is 692 g/mol. The molecule has 0 aromatic carbocycles. The number of nitrogens with one attached hydrogen (secondary N) is 1. The van der Waals surface area contributed by atoms with Crippen LogP contribution < -0.4 is 17.0 Å². The van der Waals surface area contributed by atoms with Crippen LogP contribution in [0.4, 0.5) is 11.9 Å². The van der Waals surface area contributed by atoms with Crippen LogP contribution in [0.2, 0.25) is 0 Å². The van der Waals surface area contributed by atoms with E-state index >= 15 is 0 Å². The number of aliphatic hydroxyl groups excluding tert-OH is 1. The minimum atomic E-state index is -4.76. The lowest BCUT2D eigenvalue weighted by Crippen LogP contribution is -2.35. The molecule has 0 aliphatic carbocycles. The highest BCUT2D eigenvalue weighted by molar-refractivity contribution is 8.07. The van der Waals surface area contributed by atoms with Gasteiger partial charge in [0.25, 0.3) is 5.56 Å². The van der Waals surface area contributed by atoms with Crippen molar-refractivity contribution in [1.82, 2.24) is 44.5 Å². The van der Waals surface area contributed by atoms with Crippen LogP contribution in [0.3, 0.4) is 0 Å². The van der Waals surface area contributed by atoms with Gasteiger partial charge < -0.3 is 35.6 Å². The quantitative estimate of drug-likeness (QED) is 0.134. The second-order valence-corrected chi connectivity index (χ2v) is 15.5. The number of ether oxygens (including phenoxy) is 1. The fourth-order valence-corrected chi connectivity index (χ4v) is 9.20. The summed E-state index contributed by atoms with van der Waals surface area (Å²) in [5.74, 6) is -0.127. The van der Waals surface area contributed by atoms with Gasteiger partial charge in [-0.05, 0) is 11.8 Å². The van der Waals surface area contributed by atoms with Crippen molar-refractivity contribution < 1.29 is 42.3 Å². The number of hydrogen-bond acceptors (Lipinski definition) is 18. The Hall–Kier alpha value is -2.66. The van der Waals surface area contributed by atoms with Gasteiger partial charge in [0.05, 0.1) is 36.9 Å².